The zero-order valence-electron chi connectivity index (χ0n) is 29.8. The zero-order chi connectivity index (χ0) is 33.4. The molecule has 4 heteroatoms. The molecule has 2 atom stereocenters. The highest BCUT2D eigenvalue weighted by Gasteiger charge is 2.63. The van der Waals surface area contributed by atoms with Gasteiger partial charge < -0.3 is 14.1 Å². The summed E-state index contributed by atoms with van der Waals surface area (Å²) in [6.45, 7) is 17.2. The Labute approximate surface area is 290 Å². The van der Waals surface area contributed by atoms with Crippen LogP contribution in [0.25, 0.3) is 33.1 Å². The summed E-state index contributed by atoms with van der Waals surface area (Å²) in [5.74, 6) is 0. The Bertz CT molecular complexity index is 2480. The molecule has 5 aliphatic rings. The van der Waals surface area contributed by atoms with E-state index >= 15 is 0 Å². The maximum Gasteiger partial charge on any atom is 0.333 e. The molecule has 0 amide bonds. The van der Waals surface area contributed by atoms with Crippen LogP contribution in [0.3, 0.4) is 0 Å². The average molecular weight is 639 g/mol. The van der Waals surface area contributed by atoms with Crippen molar-refractivity contribution in [3.8, 4) is 11.1 Å². The SMILES string of the molecule is CC(C)(C)c1cc2c3c(c1)C1(C)CCCCC1(C)N3c1c3c(cc4oc5ccccc5c14)-c1cccc4c1N(B23)c1ccccc1C4(C)C. The number of hydrogen-bond acceptors (Lipinski definition) is 3. The first-order valence-electron chi connectivity index (χ1n) is 18.4. The van der Waals surface area contributed by atoms with Crippen molar-refractivity contribution < 1.29 is 4.42 Å². The number of rotatable bonds is 0. The van der Waals surface area contributed by atoms with Crippen molar-refractivity contribution in [1.29, 1.82) is 0 Å². The highest BCUT2D eigenvalue weighted by Crippen LogP contribution is 2.64. The van der Waals surface area contributed by atoms with Crippen LogP contribution in [0, 0.1) is 0 Å². The second kappa shape index (κ2) is 8.64. The van der Waals surface area contributed by atoms with E-state index in [1.54, 1.807) is 5.56 Å². The molecule has 1 aliphatic carbocycles. The van der Waals surface area contributed by atoms with Crippen LogP contribution in [0.5, 0.6) is 0 Å². The summed E-state index contributed by atoms with van der Waals surface area (Å²) in [4.78, 5) is 5.63. The number of anilines is 4. The molecule has 6 aromatic rings. The number of benzene rings is 5. The van der Waals surface area contributed by atoms with Gasteiger partial charge in [-0.2, -0.15) is 0 Å². The lowest BCUT2D eigenvalue weighted by molar-refractivity contribution is 0.195. The van der Waals surface area contributed by atoms with E-state index in [9.17, 15) is 0 Å². The summed E-state index contributed by atoms with van der Waals surface area (Å²) in [5, 5.41) is 2.50. The van der Waals surface area contributed by atoms with Gasteiger partial charge in [-0.1, -0.05) is 121 Å². The van der Waals surface area contributed by atoms with Gasteiger partial charge in [0.15, 0.2) is 0 Å². The lowest BCUT2D eigenvalue weighted by Crippen LogP contribution is -2.65. The number of para-hydroxylation sites is 3. The van der Waals surface area contributed by atoms with Gasteiger partial charge in [0.05, 0.1) is 16.6 Å². The number of fused-ring (bicyclic) bond motifs is 13. The molecule has 0 saturated heterocycles. The minimum absolute atomic E-state index is 0.0216. The zero-order valence-corrected chi connectivity index (χ0v) is 29.8. The second-order valence-electron chi connectivity index (χ2n) is 17.6. The molecule has 5 aromatic carbocycles. The normalized spacial score (nSPS) is 23.7. The summed E-state index contributed by atoms with van der Waals surface area (Å²) in [7, 11) is 0. The molecule has 0 bridgehead atoms. The van der Waals surface area contributed by atoms with Crippen LogP contribution in [-0.2, 0) is 16.2 Å². The average Bonchev–Trinajstić information content (AvgIpc) is 3.56. The predicted octanol–water partition coefficient (Wildman–Crippen LogP) is 10.5. The maximum absolute atomic E-state index is 6.85. The fourth-order valence-corrected chi connectivity index (χ4v) is 11.2. The van der Waals surface area contributed by atoms with Gasteiger partial charge in [-0.25, -0.2) is 0 Å². The van der Waals surface area contributed by atoms with Crippen molar-refractivity contribution in [2.45, 2.75) is 95.9 Å². The van der Waals surface area contributed by atoms with E-state index in [0.29, 0.717) is 0 Å². The highest BCUT2D eigenvalue weighted by molar-refractivity contribution is 6.94. The molecular formula is C45H43BN2O. The largest absolute Gasteiger partial charge is 0.456 e. The molecule has 5 heterocycles. The van der Waals surface area contributed by atoms with E-state index < -0.39 is 0 Å². The molecule has 3 nitrogen and oxygen atoms in total. The first kappa shape index (κ1) is 28.4. The van der Waals surface area contributed by atoms with Crippen molar-refractivity contribution in [3.63, 3.8) is 0 Å². The van der Waals surface area contributed by atoms with Gasteiger partial charge in [0, 0.05) is 38.8 Å². The summed E-state index contributed by atoms with van der Waals surface area (Å²) >= 11 is 0. The molecule has 0 N–H and O–H groups in total. The van der Waals surface area contributed by atoms with Gasteiger partial charge >= 0.3 is 6.85 Å². The number of nitrogens with zero attached hydrogens (tertiary/aromatic N) is 2. The summed E-state index contributed by atoms with van der Waals surface area (Å²) in [6.07, 6.45) is 4.92. The summed E-state index contributed by atoms with van der Waals surface area (Å²) in [5.41, 5.74) is 18.7. The molecule has 1 aromatic heterocycles. The molecule has 11 rings (SSSR count). The Morgan fingerprint density at radius 1 is 0.694 bits per heavy atom. The van der Waals surface area contributed by atoms with E-state index in [1.807, 2.05) is 0 Å². The van der Waals surface area contributed by atoms with Crippen molar-refractivity contribution >= 4 is 62.5 Å². The third-order valence-corrected chi connectivity index (χ3v) is 13.9. The predicted molar refractivity (Wildman–Crippen MR) is 206 cm³/mol. The lowest BCUT2D eigenvalue weighted by atomic mass is 9.42. The molecule has 49 heavy (non-hydrogen) atoms. The van der Waals surface area contributed by atoms with Gasteiger partial charge in [-0.3, -0.25) is 0 Å². The molecule has 1 fully saturated rings. The summed E-state index contributed by atoms with van der Waals surface area (Å²) < 4.78 is 6.85. The third kappa shape index (κ3) is 3.11. The smallest absolute Gasteiger partial charge is 0.333 e. The number of hydrogen-bond donors (Lipinski definition) is 0. The molecule has 0 radical (unpaired) electrons. The Morgan fingerprint density at radius 3 is 2.29 bits per heavy atom. The van der Waals surface area contributed by atoms with Crippen LogP contribution in [0.4, 0.5) is 22.7 Å². The van der Waals surface area contributed by atoms with Gasteiger partial charge in [0.2, 0.25) is 0 Å². The van der Waals surface area contributed by atoms with E-state index in [0.717, 1.165) is 11.2 Å². The van der Waals surface area contributed by atoms with E-state index in [4.69, 9.17) is 4.42 Å². The van der Waals surface area contributed by atoms with Gasteiger partial charge in [0.1, 0.15) is 11.2 Å². The molecule has 1 saturated carbocycles. The van der Waals surface area contributed by atoms with Crippen LogP contribution in [0.1, 0.15) is 96.4 Å². The number of furan rings is 1. The topological polar surface area (TPSA) is 19.6 Å². The maximum atomic E-state index is 6.85. The first-order valence-corrected chi connectivity index (χ1v) is 18.4. The van der Waals surface area contributed by atoms with Gasteiger partial charge in [0.25, 0.3) is 0 Å². The third-order valence-electron chi connectivity index (χ3n) is 13.9. The van der Waals surface area contributed by atoms with Crippen LogP contribution < -0.4 is 20.6 Å². The van der Waals surface area contributed by atoms with Gasteiger partial charge in [-0.15, -0.1) is 0 Å². The van der Waals surface area contributed by atoms with E-state index in [2.05, 4.69) is 143 Å². The Balaban J connectivity index is 1.39. The van der Waals surface area contributed by atoms with Gasteiger partial charge in [-0.05, 0) is 82.1 Å². The minimum atomic E-state index is -0.131. The quantitative estimate of drug-likeness (QED) is 0.154. The Kier molecular flexibility index (Phi) is 5.01. The monoisotopic (exact) mass is 638 g/mol. The van der Waals surface area contributed by atoms with Crippen LogP contribution in [0.2, 0.25) is 0 Å². The molecule has 4 aliphatic heterocycles. The van der Waals surface area contributed by atoms with Crippen molar-refractivity contribution in [2.24, 2.45) is 0 Å². The van der Waals surface area contributed by atoms with Crippen molar-refractivity contribution in [1.82, 2.24) is 0 Å². The van der Waals surface area contributed by atoms with Crippen LogP contribution in [0.15, 0.2) is 89.3 Å². The molecular weight excluding hydrogens is 595 g/mol. The lowest BCUT2D eigenvalue weighted by Gasteiger charge is -2.54. The van der Waals surface area contributed by atoms with Crippen molar-refractivity contribution in [2.75, 3.05) is 9.71 Å². The highest BCUT2D eigenvalue weighted by atomic mass is 16.3. The fourth-order valence-electron chi connectivity index (χ4n) is 11.2. The summed E-state index contributed by atoms with van der Waals surface area (Å²) in [6, 6.07) is 32.6. The second-order valence-corrected chi connectivity index (χ2v) is 17.6. The van der Waals surface area contributed by atoms with Crippen LogP contribution in [-0.4, -0.2) is 12.4 Å². The standard InChI is InChI=1S/C45H43BN2O/c1-42(2,3)26-23-32-40-33(24-26)46-38-29(27-16-14-18-31-39(27)48(46)34-19-10-9-17-30(34)43(31,4)5)25-36-37(28-15-8-11-20-35(28)49-36)41(38)47(40)45(7)22-13-12-21-44(32,45)6/h8-11,14-20,23-25H,12-13,21-22H2,1-7H3. The molecule has 2 unspecified atom stereocenters. The molecule has 242 valence electrons. The fraction of sp³-hybridized carbons (Fsp3) is 0.333. The van der Waals surface area contributed by atoms with E-state index in [1.165, 1.54) is 97.9 Å². The first-order chi connectivity index (χ1) is 23.4. The Hall–Kier alpha value is -4.44. The minimum Gasteiger partial charge on any atom is -0.456 e. The van der Waals surface area contributed by atoms with Crippen LogP contribution >= 0.6 is 0 Å². The van der Waals surface area contributed by atoms with E-state index in [-0.39, 0.29) is 28.6 Å². The Morgan fingerprint density at radius 2 is 1.45 bits per heavy atom. The van der Waals surface area contributed by atoms with Crippen molar-refractivity contribution in [3.05, 3.63) is 107 Å². The molecule has 0 spiro atoms.